The molecule has 1 aromatic carbocycles. The maximum Gasteiger partial charge on any atom is 0.0955 e. The molecule has 0 amide bonds. The molecule has 4 heteroatoms. The normalized spacial score (nSPS) is 11.2. The van der Waals surface area contributed by atoms with E-state index in [9.17, 15) is 0 Å². The lowest BCUT2D eigenvalue weighted by atomic mass is 10.1. The van der Waals surface area contributed by atoms with Gasteiger partial charge in [0.05, 0.1) is 11.2 Å². The first kappa shape index (κ1) is 14.6. The summed E-state index contributed by atoms with van der Waals surface area (Å²) in [5.41, 5.74) is 9.03. The van der Waals surface area contributed by atoms with Crippen LogP contribution in [-0.4, -0.2) is 43.6 Å². The van der Waals surface area contributed by atoms with Crippen molar-refractivity contribution in [3.05, 3.63) is 30.5 Å². The number of pyridine rings is 1. The highest BCUT2D eigenvalue weighted by atomic mass is 15.2. The Morgan fingerprint density at radius 3 is 2.60 bits per heavy atom. The average Bonchev–Trinajstić information content (AvgIpc) is 2.44. The largest absolute Gasteiger partial charge is 0.398 e. The third-order valence-corrected chi connectivity index (χ3v) is 3.43. The molecule has 0 fully saturated rings. The molecule has 0 radical (unpaired) electrons. The van der Waals surface area contributed by atoms with Gasteiger partial charge < -0.3 is 15.5 Å². The second-order valence-corrected chi connectivity index (χ2v) is 5.36. The zero-order valence-corrected chi connectivity index (χ0v) is 12.6. The highest BCUT2D eigenvalue weighted by Crippen LogP contribution is 2.29. The predicted molar refractivity (Wildman–Crippen MR) is 87.2 cm³/mol. The molecule has 0 aliphatic heterocycles. The molecule has 0 spiro atoms. The van der Waals surface area contributed by atoms with Crippen molar-refractivity contribution in [1.29, 1.82) is 0 Å². The lowest BCUT2D eigenvalue weighted by molar-refractivity contribution is 0.413. The van der Waals surface area contributed by atoms with Crippen LogP contribution in [0.1, 0.15) is 13.3 Å². The zero-order chi connectivity index (χ0) is 14.5. The summed E-state index contributed by atoms with van der Waals surface area (Å²) in [5.74, 6) is 0. The summed E-state index contributed by atoms with van der Waals surface area (Å²) in [7, 11) is 4.20. The van der Waals surface area contributed by atoms with Gasteiger partial charge in [-0.1, -0.05) is 6.92 Å². The summed E-state index contributed by atoms with van der Waals surface area (Å²) < 4.78 is 0. The van der Waals surface area contributed by atoms with Crippen LogP contribution in [0, 0.1) is 0 Å². The molecule has 2 N–H and O–H groups in total. The molecule has 0 saturated carbocycles. The Morgan fingerprint density at radius 2 is 1.90 bits per heavy atom. The summed E-state index contributed by atoms with van der Waals surface area (Å²) >= 11 is 0. The van der Waals surface area contributed by atoms with Gasteiger partial charge in [0.1, 0.15) is 0 Å². The molecule has 0 aliphatic carbocycles. The number of nitrogens with zero attached hydrogens (tertiary/aromatic N) is 3. The second kappa shape index (κ2) is 6.57. The van der Waals surface area contributed by atoms with Gasteiger partial charge in [0, 0.05) is 36.9 Å². The summed E-state index contributed by atoms with van der Waals surface area (Å²) in [6.45, 7) is 5.26. The summed E-state index contributed by atoms with van der Waals surface area (Å²) in [6.07, 6.45) is 2.95. The van der Waals surface area contributed by atoms with E-state index in [0.717, 1.165) is 42.6 Å². The van der Waals surface area contributed by atoms with Crippen LogP contribution in [-0.2, 0) is 0 Å². The number of anilines is 2. The molecule has 1 heterocycles. The van der Waals surface area contributed by atoms with Crippen molar-refractivity contribution < 1.29 is 0 Å². The van der Waals surface area contributed by atoms with Gasteiger partial charge in [-0.05, 0) is 44.8 Å². The van der Waals surface area contributed by atoms with Crippen LogP contribution in [0.25, 0.3) is 10.9 Å². The molecule has 0 unspecified atom stereocenters. The highest BCUT2D eigenvalue weighted by molar-refractivity contribution is 5.98. The van der Waals surface area contributed by atoms with Gasteiger partial charge in [-0.15, -0.1) is 0 Å². The van der Waals surface area contributed by atoms with Crippen molar-refractivity contribution in [1.82, 2.24) is 9.88 Å². The van der Waals surface area contributed by atoms with E-state index in [2.05, 4.69) is 41.9 Å². The number of nitrogens with two attached hydrogens (primary N) is 1. The Morgan fingerprint density at radius 1 is 1.10 bits per heavy atom. The molecule has 2 aromatic rings. The van der Waals surface area contributed by atoms with Gasteiger partial charge in [0.15, 0.2) is 0 Å². The maximum absolute atomic E-state index is 6.05. The van der Waals surface area contributed by atoms with E-state index in [4.69, 9.17) is 5.73 Å². The fraction of sp³-hybridized carbons (Fsp3) is 0.438. The van der Waals surface area contributed by atoms with Crippen LogP contribution in [0.3, 0.4) is 0 Å². The fourth-order valence-electron chi connectivity index (χ4n) is 2.38. The molecule has 2 rings (SSSR count). The number of rotatable bonds is 6. The Labute approximate surface area is 121 Å². The van der Waals surface area contributed by atoms with Crippen LogP contribution >= 0.6 is 0 Å². The average molecular weight is 272 g/mol. The van der Waals surface area contributed by atoms with E-state index in [1.807, 2.05) is 24.4 Å². The number of fused-ring (bicyclic) bond motifs is 1. The van der Waals surface area contributed by atoms with Crippen molar-refractivity contribution in [2.75, 3.05) is 44.4 Å². The topological polar surface area (TPSA) is 45.4 Å². The minimum Gasteiger partial charge on any atom is -0.398 e. The molecule has 0 atom stereocenters. The minimum atomic E-state index is 0.793. The predicted octanol–water partition coefficient (Wildman–Crippen LogP) is 2.60. The molecular weight excluding hydrogens is 248 g/mol. The number of benzene rings is 1. The molecule has 108 valence electrons. The Bertz CT molecular complexity index is 565. The fourth-order valence-corrected chi connectivity index (χ4v) is 2.38. The molecule has 20 heavy (non-hydrogen) atoms. The standard InChI is InChI=1S/C16H24N4/c1-4-10-20(12-11-19(2)3)15-8-7-14(17)13-6-5-9-18-16(13)15/h5-9H,4,10-12,17H2,1-3H3. The first-order valence-electron chi connectivity index (χ1n) is 7.16. The smallest absolute Gasteiger partial charge is 0.0955 e. The van der Waals surface area contributed by atoms with Crippen LogP contribution < -0.4 is 10.6 Å². The lowest BCUT2D eigenvalue weighted by Crippen LogP contribution is -2.32. The third kappa shape index (κ3) is 3.20. The molecule has 4 nitrogen and oxygen atoms in total. The lowest BCUT2D eigenvalue weighted by Gasteiger charge is -2.27. The summed E-state index contributed by atoms with van der Waals surface area (Å²) in [5, 5.41) is 1.04. The molecule has 0 aliphatic rings. The van der Waals surface area contributed by atoms with Crippen LogP contribution in [0.5, 0.6) is 0 Å². The van der Waals surface area contributed by atoms with Crippen LogP contribution in [0.4, 0.5) is 11.4 Å². The summed E-state index contributed by atoms with van der Waals surface area (Å²) in [4.78, 5) is 9.14. The van der Waals surface area contributed by atoms with Gasteiger partial charge in [0.2, 0.25) is 0 Å². The van der Waals surface area contributed by atoms with Gasteiger partial charge in [-0.25, -0.2) is 0 Å². The summed E-state index contributed by atoms with van der Waals surface area (Å²) in [6, 6.07) is 8.05. The van der Waals surface area contributed by atoms with Crippen LogP contribution in [0.2, 0.25) is 0 Å². The molecule has 0 saturated heterocycles. The molecule has 0 bridgehead atoms. The van der Waals surface area contributed by atoms with Gasteiger partial charge >= 0.3 is 0 Å². The number of aromatic nitrogens is 1. The first-order chi connectivity index (χ1) is 9.63. The van der Waals surface area contributed by atoms with E-state index < -0.39 is 0 Å². The van der Waals surface area contributed by atoms with E-state index in [-0.39, 0.29) is 0 Å². The zero-order valence-electron chi connectivity index (χ0n) is 12.6. The first-order valence-corrected chi connectivity index (χ1v) is 7.16. The van der Waals surface area contributed by atoms with Gasteiger partial charge in [0.25, 0.3) is 0 Å². The van der Waals surface area contributed by atoms with Crippen molar-refractivity contribution in [3.63, 3.8) is 0 Å². The monoisotopic (exact) mass is 272 g/mol. The number of hydrogen-bond donors (Lipinski definition) is 1. The van der Waals surface area contributed by atoms with Crippen molar-refractivity contribution in [3.8, 4) is 0 Å². The molecule has 1 aromatic heterocycles. The SMILES string of the molecule is CCCN(CCN(C)C)c1ccc(N)c2cccnc12. The van der Waals surface area contributed by atoms with Gasteiger partial charge in [-0.2, -0.15) is 0 Å². The minimum absolute atomic E-state index is 0.793. The van der Waals surface area contributed by atoms with E-state index in [0.29, 0.717) is 0 Å². The maximum atomic E-state index is 6.05. The van der Waals surface area contributed by atoms with Crippen molar-refractivity contribution in [2.45, 2.75) is 13.3 Å². The number of nitrogen functional groups attached to an aromatic ring is 1. The Balaban J connectivity index is 2.40. The van der Waals surface area contributed by atoms with E-state index in [1.54, 1.807) is 0 Å². The number of likely N-dealkylation sites (N-methyl/N-ethyl adjacent to an activating group) is 1. The Hall–Kier alpha value is -1.81. The third-order valence-electron chi connectivity index (χ3n) is 3.43. The quantitative estimate of drug-likeness (QED) is 0.821. The van der Waals surface area contributed by atoms with Crippen molar-refractivity contribution in [2.24, 2.45) is 0 Å². The van der Waals surface area contributed by atoms with Crippen molar-refractivity contribution >= 4 is 22.3 Å². The molecular formula is C16H24N4. The highest BCUT2D eigenvalue weighted by Gasteiger charge is 2.12. The number of hydrogen-bond acceptors (Lipinski definition) is 4. The Kier molecular flexibility index (Phi) is 4.79. The van der Waals surface area contributed by atoms with Gasteiger partial charge in [-0.3, -0.25) is 4.98 Å². The second-order valence-electron chi connectivity index (χ2n) is 5.36. The van der Waals surface area contributed by atoms with E-state index in [1.165, 1.54) is 5.69 Å². The van der Waals surface area contributed by atoms with Crippen LogP contribution in [0.15, 0.2) is 30.5 Å². The van der Waals surface area contributed by atoms with E-state index >= 15 is 0 Å².